The van der Waals surface area contributed by atoms with Crippen molar-refractivity contribution in [1.82, 2.24) is 16.0 Å². The number of nitrogens with one attached hydrogen (secondary N) is 3. The largest absolute Gasteiger partial charge is 0.380 e. The summed E-state index contributed by atoms with van der Waals surface area (Å²) in [5, 5.41) is 10.2. The maximum absolute atomic E-state index is 5.12. The molecular weight excluding hydrogens is 238 g/mol. The van der Waals surface area contributed by atoms with Crippen LogP contribution in [0.15, 0.2) is 0 Å². The summed E-state index contributed by atoms with van der Waals surface area (Å²) in [5.41, 5.74) is 1.22. The van der Waals surface area contributed by atoms with Crippen LogP contribution in [0.25, 0.3) is 0 Å². The second-order valence-electron chi connectivity index (χ2n) is 7.01. The van der Waals surface area contributed by atoms with E-state index in [-0.39, 0.29) is 0 Å². The molecular formula is C15H29N3O. The minimum atomic E-state index is 0.583. The Labute approximate surface area is 117 Å². The third-order valence-electron chi connectivity index (χ3n) is 5.31. The molecule has 1 aliphatic carbocycles. The smallest absolute Gasteiger partial charge is 0.0557 e. The molecule has 4 heteroatoms. The van der Waals surface area contributed by atoms with Gasteiger partial charge in [0.25, 0.3) is 0 Å². The highest BCUT2D eigenvalue weighted by Gasteiger charge is 2.40. The lowest BCUT2D eigenvalue weighted by Gasteiger charge is -2.41. The molecule has 4 rings (SSSR count). The summed E-state index contributed by atoms with van der Waals surface area (Å²) in [5.74, 6) is 0. The predicted octanol–water partition coefficient (Wildman–Crippen LogP) is 1.08. The first-order chi connectivity index (χ1) is 9.33. The van der Waals surface area contributed by atoms with E-state index >= 15 is 0 Å². The standard InChI is InChI=1S/C9H18N2.C6H11NO/c1-2-4-9(5-3-1)6-10-8-11-7-9;1-2-7-3-6(1)4-8-5-6/h10-11H,1-8H2;7H,1-5H2. The van der Waals surface area contributed by atoms with Crippen LogP contribution in [0.5, 0.6) is 0 Å². The zero-order valence-corrected chi connectivity index (χ0v) is 12.1. The van der Waals surface area contributed by atoms with E-state index in [1.54, 1.807) is 0 Å². The predicted molar refractivity (Wildman–Crippen MR) is 77.1 cm³/mol. The van der Waals surface area contributed by atoms with Gasteiger partial charge in [0.1, 0.15) is 0 Å². The minimum absolute atomic E-state index is 0.583. The van der Waals surface area contributed by atoms with Crippen LogP contribution in [0, 0.1) is 10.8 Å². The van der Waals surface area contributed by atoms with Crippen LogP contribution in [-0.4, -0.2) is 46.1 Å². The van der Waals surface area contributed by atoms with Gasteiger partial charge in [-0.15, -0.1) is 0 Å². The van der Waals surface area contributed by atoms with Crippen LogP contribution >= 0.6 is 0 Å². The highest BCUT2D eigenvalue weighted by atomic mass is 16.5. The maximum Gasteiger partial charge on any atom is 0.0557 e. The third kappa shape index (κ3) is 3.30. The second-order valence-corrected chi connectivity index (χ2v) is 7.01. The van der Waals surface area contributed by atoms with Gasteiger partial charge in [0.15, 0.2) is 0 Å². The summed E-state index contributed by atoms with van der Waals surface area (Å²) in [6.07, 6.45) is 8.56. The molecule has 2 spiro atoms. The first-order valence-electron chi connectivity index (χ1n) is 8.03. The lowest BCUT2D eigenvalue weighted by atomic mass is 9.73. The fourth-order valence-electron chi connectivity index (χ4n) is 3.89. The minimum Gasteiger partial charge on any atom is -0.380 e. The van der Waals surface area contributed by atoms with Crippen molar-refractivity contribution >= 4 is 0 Å². The van der Waals surface area contributed by atoms with Gasteiger partial charge in [0.2, 0.25) is 0 Å². The SMILES string of the molecule is C1CC2(CN1)COC2.C1CCC2(CC1)CNCNC2. The molecule has 0 aromatic carbocycles. The van der Waals surface area contributed by atoms with Crippen LogP contribution in [0.1, 0.15) is 38.5 Å². The quantitative estimate of drug-likeness (QED) is 0.615. The van der Waals surface area contributed by atoms with E-state index in [1.165, 1.54) is 64.7 Å². The molecule has 0 bridgehead atoms. The van der Waals surface area contributed by atoms with E-state index in [0.717, 1.165) is 19.9 Å². The summed E-state index contributed by atoms with van der Waals surface area (Å²) in [4.78, 5) is 0. The molecule has 0 radical (unpaired) electrons. The van der Waals surface area contributed by atoms with Crippen LogP contribution in [0.3, 0.4) is 0 Å². The molecule has 3 aliphatic heterocycles. The van der Waals surface area contributed by atoms with Crippen molar-refractivity contribution in [3.63, 3.8) is 0 Å². The summed E-state index contributed by atoms with van der Waals surface area (Å²) in [6, 6.07) is 0. The number of ether oxygens (including phenoxy) is 1. The monoisotopic (exact) mass is 267 g/mol. The second kappa shape index (κ2) is 6.08. The van der Waals surface area contributed by atoms with Crippen molar-refractivity contribution in [3.8, 4) is 0 Å². The van der Waals surface area contributed by atoms with E-state index in [0.29, 0.717) is 10.8 Å². The Hall–Kier alpha value is -0.160. The van der Waals surface area contributed by atoms with Crippen LogP contribution < -0.4 is 16.0 Å². The first-order valence-corrected chi connectivity index (χ1v) is 8.03. The van der Waals surface area contributed by atoms with Gasteiger partial charge in [-0.2, -0.15) is 0 Å². The molecule has 3 heterocycles. The Morgan fingerprint density at radius 2 is 1.37 bits per heavy atom. The zero-order valence-electron chi connectivity index (χ0n) is 12.1. The Kier molecular flexibility index (Phi) is 4.42. The summed E-state index contributed by atoms with van der Waals surface area (Å²) in [6.45, 7) is 7.90. The van der Waals surface area contributed by atoms with Gasteiger partial charge in [0.05, 0.1) is 13.2 Å². The molecule has 0 aromatic heterocycles. The van der Waals surface area contributed by atoms with E-state index in [4.69, 9.17) is 4.74 Å². The van der Waals surface area contributed by atoms with Gasteiger partial charge >= 0.3 is 0 Å². The lowest BCUT2D eigenvalue weighted by molar-refractivity contribution is -0.0995. The zero-order chi connectivity index (χ0) is 13.0. The molecule has 110 valence electrons. The van der Waals surface area contributed by atoms with E-state index in [2.05, 4.69) is 16.0 Å². The number of hydrogen-bond donors (Lipinski definition) is 3. The van der Waals surface area contributed by atoms with Gasteiger partial charge in [-0.1, -0.05) is 19.3 Å². The van der Waals surface area contributed by atoms with Crippen molar-refractivity contribution in [3.05, 3.63) is 0 Å². The fraction of sp³-hybridized carbons (Fsp3) is 1.00. The molecule has 4 fully saturated rings. The summed E-state index contributed by atoms with van der Waals surface area (Å²) >= 11 is 0. The molecule has 19 heavy (non-hydrogen) atoms. The lowest BCUT2D eigenvalue weighted by Crippen LogP contribution is -2.52. The van der Waals surface area contributed by atoms with Gasteiger partial charge in [-0.05, 0) is 31.2 Å². The molecule has 0 unspecified atom stereocenters. The van der Waals surface area contributed by atoms with Gasteiger partial charge in [-0.25, -0.2) is 0 Å². The first kappa shape index (κ1) is 13.8. The average molecular weight is 267 g/mol. The molecule has 0 aromatic rings. The Bertz CT molecular complexity index is 252. The Balaban J connectivity index is 0.000000122. The van der Waals surface area contributed by atoms with Gasteiger partial charge in [0, 0.05) is 31.7 Å². The molecule has 0 atom stereocenters. The van der Waals surface area contributed by atoms with Gasteiger partial charge < -0.3 is 20.7 Å². The third-order valence-corrected chi connectivity index (χ3v) is 5.31. The molecule has 3 saturated heterocycles. The van der Waals surface area contributed by atoms with Crippen molar-refractivity contribution < 1.29 is 4.74 Å². The van der Waals surface area contributed by atoms with Crippen LogP contribution in [-0.2, 0) is 4.74 Å². The maximum atomic E-state index is 5.12. The molecule has 3 N–H and O–H groups in total. The van der Waals surface area contributed by atoms with Crippen LogP contribution in [0.4, 0.5) is 0 Å². The van der Waals surface area contributed by atoms with Crippen molar-refractivity contribution in [2.75, 3.05) is 46.1 Å². The summed E-state index contributed by atoms with van der Waals surface area (Å²) < 4.78 is 5.12. The Morgan fingerprint density at radius 3 is 1.84 bits per heavy atom. The van der Waals surface area contributed by atoms with E-state index in [9.17, 15) is 0 Å². The van der Waals surface area contributed by atoms with Crippen molar-refractivity contribution in [2.24, 2.45) is 10.8 Å². The topological polar surface area (TPSA) is 45.3 Å². The number of rotatable bonds is 0. The van der Waals surface area contributed by atoms with Crippen LogP contribution in [0.2, 0.25) is 0 Å². The fourth-order valence-corrected chi connectivity index (χ4v) is 3.89. The van der Waals surface area contributed by atoms with Gasteiger partial charge in [-0.3, -0.25) is 0 Å². The molecule has 0 amide bonds. The molecule has 4 nitrogen and oxygen atoms in total. The molecule has 1 saturated carbocycles. The van der Waals surface area contributed by atoms with E-state index in [1.807, 2.05) is 0 Å². The van der Waals surface area contributed by atoms with Crippen molar-refractivity contribution in [2.45, 2.75) is 38.5 Å². The summed E-state index contributed by atoms with van der Waals surface area (Å²) in [7, 11) is 0. The normalized spacial score (nSPS) is 31.6. The average Bonchev–Trinajstić information content (AvgIpc) is 2.91. The number of hydrogen-bond acceptors (Lipinski definition) is 4. The van der Waals surface area contributed by atoms with E-state index < -0.39 is 0 Å². The highest BCUT2D eigenvalue weighted by molar-refractivity contribution is 4.92. The molecule has 4 aliphatic rings. The Morgan fingerprint density at radius 1 is 0.684 bits per heavy atom. The highest BCUT2D eigenvalue weighted by Crippen LogP contribution is 2.35. The van der Waals surface area contributed by atoms with Crippen molar-refractivity contribution in [1.29, 1.82) is 0 Å².